The second-order valence-corrected chi connectivity index (χ2v) is 4.56. The van der Waals surface area contributed by atoms with E-state index < -0.39 is 0 Å². The van der Waals surface area contributed by atoms with Crippen LogP contribution in [0, 0.1) is 6.92 Å². The van der Waals surface area contributed by atoms with Gasteiger partial charge in [0, 0.05) is 34.0 Å². The van der Waals surface area contributed by atoms with Crippen LogP contribution in [0.1, 0.15) is 11.3 Å². The van der Waals surface area contributed by atoms with Gasteiger partial charge in [0.1, 0.15) is 0 Å². The molecule has 0 saturated carbocycles. The molecule has 2 N–H and O–H groups in total. The van der Waals surface area contributed by atoms with Crippen molar-refractivity contribution in [3.05, 3.63) is 33.9 Å². The van der Waals surface area contributed by atoms with E-state index in [4.69, 9.17) is 0 Å². The number of aromatic nitrogens is 1. The second-order valence-electron chi connectivity index (χ2n) is 3.77. The number of aromatic amines is 1. The molecule has 2 nitrogen and oxygen atoms in total. The predicted octanol–water partition coefficient (Wildman–Crippen LogP) is 3.00. The Bertz CT molecular complexity index is 474. The highest BCUT2D eigenvalue weighted by atomic mass is 79.9. The summed E-state index contributed by atoms with van der Waals surface area (Å²) in [4.78, 5) is 3.48. The van der Waals surface area contributed by atoms with E-state index in [0.29, 0.717) is 0 Å². The molecule has 1 aromatic heterocycles. The Kier molecular flexibility index (Phi) is 3.12. The molecule has 0 aliphatic carbocycles. The number of aryl methyl sites for hydroxylation is 1. The summed E-state index contributed by atoms with van der Waals surface area (Å²) in [5.74, 6) is 0. The lowest BCUT2D eigenvalue weighted by atomic mass is 10.2. The first-order valence-electron chi connectivity index (χ1n) is 5.14. The Morgan fingerprint density at radius 2 is 2.20 bits per heavy atom. The lowest BCUT2D eigenvalue weighted by Gasteiger charge is -1.97. The van der Waals surface area contributed by atoms with Gasteiger partial charge in [0.05, 0.1) is 0 Å². The van der Waals surface area contributed by atoms with Crippen molar-refractivity contribution in [2.75, 3.05) is 13.6 Å². The molecular weight excluding hydrogens is 252 g/mol. The van der Waals surface area contributed by atoms with Crippen LogP contribution in [-0.4, -0.2) is 18.6 Å². The molecule has 2 rings (SSSR count). The van der Waals surface area contributed by atoms with Crippen LogP contribution in [0.4, 0.5) is 0 Å². The molecule has 0 aliphatic heterocycles. The van der Waals surface area contributed by atoms with Crippen LogP contribution in [0.2, 0.25) is 0 Å². The Morgan fingerprint density at radius 1 is 1.40 bits per heavy atom. The maximum Gasteiger partial charge on any atom is 0.0497 e. The van der Waals surface area contributed by atoms with Crippen LogP contribution in [0.5, 0.6) is 0 Å². The van der Waals surface area contributed by atoms with Crippen LogP contribution in [-0.2, 0) is 6.42 Å². The van der Waals surface area contributed by atoms with E-state index in [2.05, 4.69) is 51.4 Å². The van der Waals surface area contributed by atoms with Crippen LogP contribution in [0.15, 0.2) is 22.7 Å². The van der Waals surface area contributed by atoms with Crippen molar-refractivity contribution in [2.45, 2.75) is 13.3 Å². The van der Waals surface area contributed by atoms with Crippen molar-refractivity contribution in [1.82, 2.24) is 10.3 Å². The van der Waals surface area contributed by atoms with Gasteiger partial charge in [0.2, 0.25) is 0 Å². The lowest BCUT2D eigenvalue weighted by Crippen LogP contribution is -2.10. The smallest absolute Gasteiger partial charge is 0.0497 e. The molecule has 0 radical (unpaired) electrons. The maximum absolute atomic E-state index is 3.66. The van der Waals surface area contributed by atoms with Gasteiger partial charge in [-0.25, -0.2) is 0 Å². The fraction of sp³-hybridized carbons (Fsp3) is 0.333. The second kappa shape index (κ2) is 4.37. The van der Waals surface area contributed by atoms with E-state index in [1.165, 1.54) is 26.6 Å². The molecule has 0 amide bonds. The van der Waals surface area contributed by atoms with Gasteiger partial charge >= 0.3 is 0 Å². The third-order valence-electron chi connectivity index (χ3n) is 2.68. The number of benzene rings is 1. The fourth-order valence-electron chi connectivity index (χ4n) is 1.81. The summed E-state index contributed by atoms with van der Waals surface area (Å²) < 4.78 is 1.21. The van der Waals surface area contributed by atoms with Gasteiger partial charge in [0.15, 0.2) is 0 Å². The number of para-hydroxylation sites is 1. The standard InChI is InChI=1S/C12H15BrN2/c1-8-4-3-5-9-11(13)10(6-7-14-2)15-12(8)9/h3-5,14-15H,6-7H2,1-2H3. The van der Waals surface area contributed by atoms with E-state index >= 15 is 0 Å². The minimum Gasteiger partial charge on any atom is -0.357 e. The summed E-state index contributed by atoms with van der Waals surface area (Å²) in [6.07, 6.45) is 1.02. The highest BCUT2D eigenvalue weighted by Crippen LogP contribution is 2.29. The Morgan fingerprint density at radius 3 is 2.87 bits per heavy atom. The van der Waals surface area contributed by atoms with Gasteiger partial charge in [-0.05, 0) is 35.5 Å². The average Bonchev–Trinajstić information content (AvgIpc) is 2.55. The SMILES string of the molecule is CNCCc1[nH]c2c(C)cccc2c1Br. The summed E-state index contributed by atoms with van der Waals surface area (Å²) in [5.41, 5.74) is 3.81. The average molecular weight is 267 g/mol. The van der Waals surface area contributed by atoms with Crippen LogP contribution < -0.4 is 5.32 Å². The normalized spacial score (nSPS) is 11.1. The molecule has 0 unspecified atom stereocenters. The number of hydrogen-bond donors (Lipinski definition) is 2. The third kappa shape index (κ3) is 1.94. The van der Waals surface area contributed by atoms with Crippen molar-refractivity contribution in [3.8, 4) is 0 Å². The summed E-state index contributed by atoms with van der Waals surface area (Å²) in [6, 6.07) is 6.37. The van der Waals surface area contributed by atoms with E-state index in [1.807, 2.05) is 7.05 Å². The topological polar surface area (TPSA) is 27.8 Å². The first-order chi connectivity index (χ1) is 7.24. The Labute approximate surface area is 98.2 Å². The minimum absolute atomic E-state index is 0.991. The molecule has 0 saturated heterocycles. The monoisotopic (exact) mass is 266 g/mol. The number of halogens is 1. The molecule has 80 valence electrons. The summed E-state index contributed by atoms with van der Waals surface area (Å²) in [6.45, 7) is 3.12. The predicted molar refractivity (Wildman–Crippen MR) is 68.4 cm³/mol. The zero-order chi connectivity index (χ0) is 10.8. The molecule has 15 heavy (non-hydrogen) atoms. The lowest BCUT2D eigenvalue weighted by molar-refractivity contribution is 0.779. The summed E-state index contributed by atoms with van der Waals surface area (Å²) in [5, 5.41) is 4.44. The summed E-state index contributed by atoms with van der Waals surface area (Å²) >= 11 is 3.66. The molecule has 0 spiro atoms. The van der Waals surface area contributed by atoms with E-state index in [0.717, 1.165) is 13.0 Å². The van der Waals surface area contributed by atoms with Crippen molar-refractivity contribution in [1.29, 1.82) is 0 Å². The van der Waals surface area contributed by atoms with E-state index in [1.54, 1.807) is 0 Å². The zero-order valence-electron chi connectivity index (χ0n) is 9.02. The Hall–Kier alpha value is -0.800. The maximum atomic E-state index is 3.66. The van der Waals surface area contributed by atoms with Gasteiger partial charge in [0.25, 0.3) is 0 Å². The molecule has 0 aliphatic rings. The fourth-order valence-corrected chi connectivity index (χ4v) is 2.43. The van der Waals surface area contributed by atoms with E-state index in [9.17, 15) is 0 Å². The molecule has 3 heteroatoms. The molecule has 2 aromatic rings. The number of fused-ring (bicyclic) bond motifs is 1. The number of likely N-dealkylation sites (N-methyl/N-ethyl adjacent to an activating group) is 1. The summed E-state index contributed by atoms with van der Waals surface area (Å²) in [7, 11) is 1.97. The minimum atomic E-state index is 0.991. The molecule has 0 bridgehead atoms. The van der Waals surface area contributed by atoms with Gasteiger partial charge in [-0.1, -0.05) is 18.2 Å². The zero-order valence-corrected chi connectivity index (χ0v) is 10.6. The van der Waals surface area contributed by atoms with Crippen LogP contribution in [0.25, 0.3) is 10.9 Å². The molecule has 1 aromatic carbocycles. The van der Waals surface area contributed by atoms with Crippen molar-refractivity contribution < 1.29 is 0 Å². The number of rotatable bonds is 3. The quantitative estimate of drug-likeness (QED) is 0.879. The van der Waals surface area contributed by atoms with E-state index in [-0.39, 0.29) is 0 Å². The largest absolute Gasteiger partial charge is 0.357 e. The Balaban J connectivity index is 2.49. The molecule has 0 fully saturated rings. The molecule has 1 heterocycles. The molecular formula is C12H15BrN2. The highest BCUT2D eigenvalue weighted by Gasteiger charge is 2.09. The van der Waals surface area contributed by atoms with Gasteiger partial charge < -0.3 is 10.3 Å². The van der Waals surface area contributed by atoms with Gasteiger partial charge in [-0.15, -0.1) is 0 Å². The number of hydrogen-bond acceptors (Lipinski definition) is 1. The highest BCUT2D eigenvalue weighted by molar-refractivity contribution is 9.10. The first-order valence-corrected chi connectivity index (χ1v) is 5.93. The van der Waals surface area contributed by atoms with Gasteiger partial charge in [-0.2, -0.15) is 0 Å². The van der Waals surface area contributed by atoms with Crippen LogP contribution in [0.3, 0.4) is 0 Å². The number of H-pyrrole nitrogens is 1. The third-order valence-corrected chi connectivity index (χ3v) is 3.58. The van der Waals surface area contributed by atoms with Crippen molar-refractivity contribution in [2.24, 2.45) is 0 Å². The van der Waals surface area contributed by atoms with Crippen molar-refractivity contribution >= 4 is 26.8 Å². The van der Waals surface area contributed by atoms with Crippen LogP contribution >= 0.6 is 15.9 Å². The first kappa shape index (κ1) is 10.7. The van der Waals surface area contributed by atoms with Gasteiger partial charge in [-0.3, -0.25) is 0 Å². The molecule has 0 atom stereocenters. The van der Waals surface area contributed by atoms with Crippen molar-refractivity contribution in [3.63, 3.8) is 0 Å². The number of nitrogens with one attached hydrogen (secondary N) is 2.